The molecule has 2 aromatic rings. The van der Waals surface area contributed by atoms with Gasteiger partial charge in [0.15, 0.2) is 0 Å². The van der Waals surface area contributed by atoms with E-state index in [1.807, 2.05) is 42.5 Å². The van der Waals surface area contributed by atoms with Crippen LogP contribution in [-0.4, -0.2) is 55.0 Å². The first-order valence-corrected chi connectivity index (χ1v) is 10.4. The molecule has 0 unspecified atom stereocenters. The van der Waals surface area contributed by atoms with E-state index in [9.17, 15) is 4.79 Å². The first kappa shape index (κ1) is 18.5. The summed E-state index contributed by atoms with van der Waals surface area (Å²) in [7, 11) is 0. The van der Waals surface area contributed by atoms with Gasteiger partial charge >= 0.3 is 0 Å². The van der Waals surface area contributed by atoms with Gasteiger partial charge in [-0.2, -0.15) is 0 Å². The Bertz CT molecular complexity index is 784. The average molecular weight is 429 g/mol. The van der Waals surface area contributed by atoms with E-state index in [-0.39, 0.29) is 5.41 Å². The molecule has 1 saturated heterocycles. The molecule has 0 atom stereocenters. The first-order valence-electron chi connectivity index (χ1n) is 9.63. The van der Waals surface area contributed by atoms with E-state index in [1.165, 1.54) is 0 Å². The highest BCUT2D eigenvalue weighted by molar-refractivity contribution is 9.10. The Hall–Kier alpha value is -1.85. The van der Waals surface area contributed by atoms with Gasteiger partial charge in [-0.1, -0.05) is 46.3 Å². The van der Waals surface area contributed by atoms with Crippen molar-refractivity contribution >= 4 is 21.8 Å². The van der Waals surface area contributed by atoms with Crippen LogP contribution in [0.1, 0.15) is 18.4 Å². The van der Waals surface area contributed by atoms with Crippen LogP contribution in [-0.2, 0) is 10.2 Å². The molecule has 0 radical (unpaired) electrons. The Morgan fingerprint density at radius 1 is 1.00 bits per heavy atom. The Balaban J connectivity index is 1.27. The number of para-hydroxylation sites is 1. The van der Waals surface area contributed by atoms with E-state index < -0.39 is 0 Å². The van der Waals surface area contributed by atoms with Gasteiger partial charge in [-0.3, -0.25) is 9.69 Å². The lowest BCUT2D eigenvalue weighted by Gasteiger charge is -2.36. The summed E-state index contributed by atoms with van der Waals surface area (Å²) in [5.74, 6) is 1.22. The number of nitrogens with zero attached hydrogens (tertiary/aromatic N) is 2. The smallest absolute Gasteiger partial charge is 0.233 e. The van der Waals surface area contributed by atoms with Gasteiger partial charge in [0.05, 0.1) is 5.41 Å². The molecule has 2 aliphatic rings. The molecule has 1 heterocycles. The third-order valence-electron chi connectivity index (χ3n) is 5.62. The van der Waals surface area contributed by atoms with E-state index in [2.05, 4.69) is 37.9 Å². The van der Waals surface area contributed by atoms with E-state index in [0.29, 0.717) is 12.5 Å². The molecule has 4 nitrogen and oxygen atoms in total. The summed E-state index contributed by atoms with van der Waals surface area (Å²) in [4.78, 5) is 17.6. The van der Waals surface area contributed by atoms with Crippen molar-refractivity contribution in [3.8, 4) is 5.75 Å². The molecule has 4 rings (SSSR count). The summed E-state index contributed by atoms with van der Waals surface area (Å²) in [5, 5.41) is 0. The van der Waals surface area contributed by atoms with Crippen LogP contribution in [0, 0.1) is 0 Å². The molecule has 1 amide bonds. The molecule has 0 aromatic heterocycles. The lowest BCUT2D eigenvalue weighted by atomic mass is 9.94. The van der Waals surface area contributed by atoms with Crippen molar-refractivity contribution in [1.29, 1.82) is 0 Å². The van der Waals surface area contributed by atoms with E-state index >= 15 is 0 Å². The number of carbonyl (C=O) groups is 1. The van der Waals surface area contributed by atoms with Crippen LogP contribution in [0.15, 0.2) is 59.1 Å². The van der Waals surface area contributed by atoms with E-state index in [1.54, 1.807) is 0 Å². The predicted molar refractivity (Wildman–Crippen MR) is 110 cm³/mol. The van der Waals surface area contributed by atoms with Gasteiger partial charge in [-0.25, -0.2) is 0 Å². The molecule has 0 bridgehead atoms. The van der Waals surface area contributed by atoms with Gasteiger partial charge in [0.1, 0.15) is 12.4 Å². The third kappa shape index (κ3) is 4.19. The van der Waals surface area contributed by atoms with Crippen molar-refractivity contribution in [2.24, 2.45) is 0 Å². The molecule has 0 N–H and O–H groups in total. The second-order valence-corrected chi connectivity index (χ2v) is 8.30. The molecule has 0 spiro atoms. The summed E-state index contributed by atoms with van der Waals surface area (Å²) < 4.78 is 6.83. The number of rotatable bonds is 6. The second-order valence-electron chi connectivity index (χ2n) is 7.39. The largest absolute Gasteiger partial charge is 0.492 e. The summed E-state index contributed by atoms with van der Waals surface area (Å²) >= 11 is 3.53. The highest BCUT2D eigenvalue weighted by Gasteiger charge is 2.53. The first-order chi connectivity index (χ1) is 13.2. The fraction of sp³-hybridized carbons (Fsp3) is 0.409. The SMILES string of the molecule is O=C(N1CCN(CCOc2ccccc2)CC1)C1(c2cccc(Br)c2)CC1. The predicted octanol–water partition coefficient (Wildman–Crippen LogP) is 3.70. The summed E-state index contributed by atoms with van der Waals surface area (Å²) in [6, 6.07) is 18.1. The van der Waals surface area contributed by atoms with Crippen molar-refractivity contribution in [3.63, 3.8) is 0 Å². The molecule has 1 saturated carbocycles. The lowest BCUT2D eigenvalue weighted by molar-refractivity contribution is -0.135. The zero-order valence-electron chi connectivity index (χ0n) is 15.4. The maximum absolute atomic E-state index is 13.2. The zero-order chi connectivity index (χ0) is 18.7. The van der Waals surface area contributed by atoms with Gasteiger partial charge in [-0.15, -0.1) is 0 Å². The molecule has 27 heavy (non-hydrogen) atoms. The van der Waals surface area contributed by atoms with Crippen LogP contribution in [0.5, 0.6) is 5.75 Å². The van der Waals surface area contributed by atoms with Crippen LogP contribution in [0.25, 0.3) is 0 Å². The van der Waals surface area contributed by atoms with Crippen LogP contribution in [0.4, 0.5) is 0 Å². The number of ether oxygens (including phenoxy) is 1. The minimum absolute atomic E-state index is 0.275. The molecule has 1 aliphatic carbocycles. The summed E-state index contributed by atoms with van der Waals surface area (Å²) in [5.41, 5.74) is 0.878. The maximum Gasteiger partial charge on any atom is 0.233 e. The van der Waals surface area contributed by atoms with Crippen molar-refractivity contribution in [1.82, 2.24) is 9.80 Å². The molecule has 142 valence electrons. The fourth-order valence-electron chi connectivity index (χ4n) is 3.82. The number of amides is 1. The number of carbonyl (C=O) groups excluding carboxylic acids is 1. The second kappa shape index (κ2) is 8.03. The number of piperazine rings is 1. The van der Waals surface area contributed by atoms with Crippen LogP contribution >= 0.6 is 15.9 Å². The number of benzene rings is 2. The average Bonchev–Trinajstić information content (AvgIpc) is 3.51. The molecular weight excluding hydrogens is 404 g/mol. The molecular formula is C22H25BrN2O2. The van der Waals surface area contributed by atoms with Gasteiger partial charge in [0, 0.05) is 37.2 Å². The number of hydrogen-bond acceptors (Lipinski definition) is 3. The number of hydrogen-bond donors (Lipinski definition) is 0. The highest BCUT2D eigenvalue weighted by atomic mass is 79.9. The van der Waals surface area contributed by atoms with Crippen molar-refractivity contribution < 1.29 is 9.53 Å². The Morgan fingerprint density at radius 3 is 2.41 bits per heavy atom. The van der Waals surface area contributed by atoms with Crippen LogP contribution in [0.3, 0.4) is 0 Å². The molecule has 5 heteroatoms. The minimum atomic E-state index is -0.275. The maximum atomic E-state index is 13.2. The third-order valence-corrected chi connectivity index (χ3v) is 6.11. The molecule has 2 fully saturated rings. The van der Waals surface area contributed by atoms with Crippen molar-refractivity contribution in [2.45, 2.75) is 18.3 Å². The van der Waals surface area contributed by atoms with Crippen LogP contribution in [0.2, 0.25) is 0 Å². The zero-order valence-corrected chi connectivity index (χ0v) is 17.0. The highest BCUT2D eigenvalue weighted by Crippen LogP contribution is 2.50. The monoisotopic (exact) mass is 428 g/mol. The molecule has 2 aromatic carbocycles. The summed E-state index contributed by atoms with van der Waals surface area (Å²) in [6.07, 6.45) is 1.93. The lowest BCUT2D eigenvalue weighted by Crippen LogP contribution is -2.52. The van der Waals surface area contributed by atoms with Gasteiger partial charge < -0.3 is 9.64 Å². The normalized spacial score (nSPS) is 18.9. The van der Waals surface area contributed by atoms with Gasteiger partial charge in [0.2, 0.25) is 5.91 Å². The summed E-state index contributed by atoms with van der Waals surface area (Å²) in [6.45, 7) is 5.02. The van der Waals surface area contributed by atoms with E-state index in [4.69, 9.17) is 4.74 Å². The van der Waals surface area contributed by atoms with Gasteiger partial charge in [0.25, 0.3) is 0 Å². The Labute approximate surface area is 169 Å². The quantitative estimate of drug-likeness (QED) is 0.702. The van der Waals surface area contributed by atoms with Crippen LogP contribution < -0.4 is 4.74 Å². The number of halogens is 1. The van der Waals surface area contributed by atoms with Crippen molar-refractivity contribution in [3.05, 3.63) is 64.6 Å². The minimum Gasteiger partial charge on any atom is -0.492 e. The standard InChI is InChI=1S/C22H25BrN2O2/c23-19-6-4-5-18(17-19)22(9-10-22)21(26)25-13-11-24(12-14-25)15-16-27-20-7-2-1-3-8-20/h1-8,17H,9-16H2. The Morgan fingerprint density at radius 2 is 1.74 bits per heavy atom. The van der Waals surface area contributed by atoms with E-state index in [0.717, 1.165) is 61.4 Å². The van der Waals surface area contributed by atoms with Gasteiger partial charge in [-0.05, 0) is 42.7 Å². The molecule has 1 aliphatic heterocycles. The van der Waals surface area contributed by atoms with Crippen molar-refractivity contribution in [2.75, 3.05) is 39.3 Å². The Kier molecular flexibility index (Phi) is 5.50. The topological polar surface area (TPSA) is 32.8 Å². The fourth-order valence-corrected chi connectivity index (χ4v) is 4.22.